The predicted molar refractivity (Wildman–Crippen MR) is 89.0 cm³/mol. The second-order valence-corrected chi connectivity index (χ2v) is 6.10. The van der Waals surface area contributed by atoms with Crippen molar-refractivity contribution in [2.75, 3.05) is 11.6 Å². The van der Waals surface area contributed by atoms with Crippen molar-refractivity contribution in [1.82, 2.24) is 5.32 Å². The highest BCUT2D eigenvalue weighted by atomic mass is 16.5. The van der Waals surface area contributed by atoms with E-state index in [4.69, 9.17) is 4.74 Å². The van der Waals surface area contributed by atoms with Gasteiger partial charge in [0, 0.05) is 13.0 Å². The molecule has 0 spiro atoms. The van der Waals surface area contributed by atoms with Crippen molar-refractivity contribution in [2.24, 2.45) is 5.10 Å². The highest BCUT2D eigenvalue weighted by molar-refractivity contribution is 6.40. The van der Waals surface area contributed by atoms with Gasteiger partial charge in [0.2, 0.25) is 0 Å². The first-order valence-electron chi connectivity index (χ1n) is 8.13. The Morgan fingerprint density at radius 3 is 2.75 bits per heavy atom. The predicted octanol–water partition coefficient (Wildman–Crippen LogP) is 1.39. The number of nitrogens with zero attached hydrogens (tertiary/aromatic N) is 2. The summed E-state index contributed by atoms with van der Waals surface area (Å²) in [7, 11) is 0. The van der Waals surface area contributed by atoms with Crippen LogP contribution in [0.1, 0.15) is 26.2 Å². The highest BCUT2D eigenvalue weighted by Crippen LogP contribution is 2.25. The molecule has 3 unspecified atom stereocenters. The lowest BCUT2D eigenvalue weighted by molar-refractivity contribution is -0.138. The monoisotopic (exact) mass is 331 g/mol. The molecule has 1 fully saturated rings. The van der Waals surface area contributed by atoms with Crippen LogP contribution < -0.4 is 10.3 Å². The fraction of sp³-hybridized carbons (Fsp3) is 0.471. The van der Waals surface area contributed by atoms with Crippen LogP contribution in [0.4, 0.5) is 5.69 Å². The molecule has 0 radical (unpaired) electrons. The summed E-state index contributed by atoms with van der Waals surface area (Å²) in [5.41, 5.74) is 0.885. The van der Waals surface area contributed by atoms with Crippen LogP contribution in [0.2, 0.25) is 0 Å². The van der Waals surface area contributed by atoms with Crippen molar-refractivity contribution >= 4 is 23.3 Å². The number of carbonyl (C=O) groups is 2. The maximum Gasteiger partial charge on any atom is 0.328 e. The maximum atomic E-state index is 12.4. The van der Waals surface area contributed by atoms with Gasteiger partial charge in [-0.2, -0.15) is 5.10 Å². The Morgan fingerprint density at radius 1 is 1.38 bits per heavy atom. The van der Waals surface area contributed by atoms with Crippen molar-refractivity contribution in [3.05, 3.63) is 30.3 Å². The van der Waals surface area contributed by atoms with Crippen molar-refractivity contribution in [3.63, 3.8) is 0 Å². The number of amides is 1. The summed E-state index contributed by atoms with van der Waals surface area (Å²) in [6, 6.07) is 8.01. The molecule has 2 heterocycles. The van der Waals surface area contributed by atoms with E-state index in [1.807, 2.05) is 13.0 Å². The molecule has 3 atom stereocenters. The van der Waals surface area contributed by atoms with E-state index in [9.17, 15) is 14.7 Å². The first kappa shape index (κ1) is 16.4. The molecule has 0 aromatic heterocycles. The molecule has 2 aliphatic heterocycles. The molecular formula is C17H21N3O4. The zero-order valence-corrected chi connectivity index (χ0v) is 13.5. The van der Waals surface area contributed by atoms with Gasteiger partial charge < -0.3 is 15.2 Å². The van der Waals surface area contributed by atoms with Gasteiger partial charge >= 0.3 is 5.97 Å². The fourth-order valence-corrected chi connectivity index (χ4v) is 3.04. The Kier molecular flexibility index (Phi) is 4.80. The van der Waals surface area contributed by atoms with Crippen LogP contribution in [0.15, 0.2) is 35.4 Å². The molecule has 1 saturated heterocycles. The smallest absolute Gasteiger partial charge is 0.328 e. The minimum Gasteiger partial charge on any atom is -0.480 e. The molecule has 2 N–H and O–H groups in total. The molecule has 7 heteroatoms. The van der Waals surface area contributed by atoms with Gasteiger partial charge in [-0.3, -0.25) is 9.80 Å². The minimum atomic E-state index is -1.00. The Bertz CT molecular complexity index is 640. The van der Waals surface area contributed by atoms with Gasteiger partial charge in [-0.15, -0.1) is 0 Å². The molecule has 7 nitrogen and oxygen atoms in total. The number of para-hydroxylation sites is 1. The molecule has 1 aromatic carbocycles. The molecule has 0 bridgehead atoms. The molecule has 1 amide bonds. The van der Waals surface area contributed by atoms with Crippen LogP contribution in [0.3, 0.4) is 0 Å². The minimum absolute atomic E-state index is 0.0106. The number of ether oxygens (including phenoxy) is 1. The number of nitrogens with one attached hydrogen (secondary N) is 1. The van der Waals surface area contributed by atoms with Crippen LogP contribution in [0.5, 0.6) is 0 Å². The second kappa shape index (κ2) is 7.00. The first-order valence-corrected chi connectivity index (χ1v) is 8.13. The second-order valence-electron chi connectivity index (χ2n) is 6.10. The summed E-state index contributed by atoms with van der Waals surface area (Å²) in [4.78, 5) is 24.0. The van der Waals surface area contributed by atoms with Crippen LogP contribution in [-0.2, 0) is 14.3 Å². The number of hydrogen-bond donors (Lipinski definition) is 2. The zero-order chi connectivity index (χ0) is 17.1. The molecule has 24 heavy (non-hydrogen) atoms. The summed E-state index contributed by atoms with van der Waals surface area (Å²) < 4.78 is 5.57. The average Bonchev–Trinajstić information content (AvgIpc) is 3.25. The van der Waals surface area contributed by atoms with Gasteiger partial charge in [0.15, 0.2) is 6.04 Å². The SMILES string of the molecule is CC(NC(=O)C1=NN(c2ccccc2)C(C(=O)O)C1)C1CCCO1. The zero-order valence-electron chi connectivity index (χ0n) is 13.5. The van der Waals surface area contributed by atoms with E-state index in [0.717, 1.165) is 12.8 Å². The van der Waals surface area contributed by atoms with E-state index in [2.05, 4.69) is 10.4 Å². The Hall–Kier alpha value is -2.41. The quantitative estimate of drug-likeness (QED) is 0.851. The number of anilines is 1. The van der Waals surface area contributed by atoms with Crippen molar-refractivity contribution in [2.45, 2.75) is 44.4 Å². The molecule has 0 aliphatic carbocycles. The topological polar surface area (TPSA) is 91.2 Å². The van der Waals surface area contributed by atoms with Gasteiger partial charge in [0.25, 0.3) is 5.91 Å². The Labute approximate surface area is 140 Å². The normalized spacial score (nSPS) is 24.5. The Morgan fingerprint density at radius 2 is 2.12 bits per heavy atom. The standard InChI is InChI=1S/C17H21N3O4/c1-11(15-8-5-9-24-15)18-16(21)13-10-14(17(22)23)20(19-13)12-6-3-2-4-7-12/h2-4,6-7,11,14-15H,5,8-10H2,1H3,(H,18,21)(H,22,23). The number of hydrogen-bond acceptors (Lipinski definition) is 5. The van der Waals surface area contributed by atoms with Crippen molar-refractivity contribution in [1.29, 1.82) is 0 Å². The van der Waals surface area contributed by atoms with E-state index >= 15 is 0 Å². The molecule has 1 aromatic rings. The van der Waals surface area contributed by atoms with Crippen LogP contribution in [0.25, 0.3) is 0 Å². The number of benzene rings is 1. The molecule has 2 aliphatic rings. The average molecular weight is 331 g/mol. The third-order valence-electron chi connectivity index (χ3n) is 4.36. The fourth-order valence-electron chi connectivity index (χ4n) is 3.04. The lowest BCUT2D eigenvalue weighted by Gasteiger charge is -2.19. The summed E-state index contributed by atoms with van der Waals surface area (Å²) in [6.45, 7) is 2.61. The summed E-state index contributed by atoms with van der Waals surface area (Å²) in [5, 5.41) is 18.0. The number of carboxylic acids is 1. The number of carboxylic acid groups (broad SMARTS) is 1. The van der Waals surface area contributed by atoms with E-state index in [-0.39, 0.29) is 30.2 Å². The highest BCUT2D eigenvalue weighted by Gasteiger charge is 2.37. The lowest BCUT2D eigenvalue weighted by Crippen LogP contribution is -2.44. The third-order valence-corrected chi connectivity index (χ3v) is 4.36. The lowest BCUT2D eigenvalue weighted by atomic mass is 10.1. The summed E-state index contributed by atoms with van der Waals surface area (Å²) in [6.07, 6.45) is 2.00. The van der Waals surface area contributed by atoms with E-state index < -0.39 is 12.0 Å². The third kappa shape index (κ3) is 3.41. The van der Waals surface area contributed by atoms with Gasteiger partial charge in [-0.1, -0.05) is 18.2 Å². The van der Waals surface area contributed by atoms with E-state index in [1.54, 1.807) is 24.3 Å². The largest absolute Gasteiger partial charge is 0.480 e. The number of hydrazone groups is 1. The van der Waals surface area contributed by atoms with Gasteiger partial charge in [-0.25, -0.2) is 4.79 Å². The van der Waals surface area contributed by atoms with E-state index in [1.165, 1.54) is 5.01 Å². The molecular weight excluding hydrogens is 310 g/mol. The van der Waals surface area contributed by atoms with E-state index in [0.29, 0.717) is 12.3 Å². The van der Waals surface area contributed by atoms with Crippen LogP contribution in [-0.4, -0.2) is 47.5 Å². The first-order chi connectivity index (χ1) is 11.6. The maximum absolute atomic E-state index is 12.4. The van der Waals surface area contributed by atoms with Crippen molar-refractivity contribution < 1.29 is 19.4 Å². The number of rotatable bonds is 5. The number of carbonyl (C=O) groups excluding carboxylic acids is 1. The van der Waals surface area contributed by atoms with Crippen LogP contribution in [0, 0.1) is 0 Å². The Balaban J connectivity index is 1.72. The summed E-state index contributed by atoms with van der Waals surface area (Å²) >= 11 is 0. The molecule has 0 saturated carbocycles. The van der Waals surface area contributed by atoms with Gasteiger partial charge in [0.1, 0.15) is 5.71 Å². The number of aliphatic carboxylic acids is 1. The molecule has 3 rings (SSSR count). The van der Waals surface area contributed by atoms with Crippen molar-refractivity contribution in [3.8, 4) is 0 Å². The van der Waals surface area contributed by atoms with Gasteiger partial charge in [-0.05, 0) is 31.9 Å². The van der Waals surface area contributed by atoms with Crippen LogP contribution >= 0.6 is 0 Å². The molecule has 128 valence electrons. The summed E-state index contributed by atoms with van der Waals surface area (Å²) in [5.74, 6) is -1.33. The van der Waals surface area contributed by atoms with Gasteiger partial charge in [0.05, 0.1) is 17.8 Å².